The molecule has 2 aromatic carbocycles. The summed E-state index contributed by atoms with van der Waals surface area (Å²) in [5.41, 5.74) is 3.63. The maximum Gasteiger partial charge on any atom is 0.342 e. The highest BCUT2D eigenvalue weighted by atomic mass is 35.5. The van der Waals surface area contributed by atoms with Crippen molar-refractivity contribution in [1.29, 1.82) is 0 Å². The average Bonchev–Trinajstić information content (AvgIpc) is 2.48. The summed E-state index contributed by atoms with van der Waals surface area (Å²) < 4.78 is 4.93. The molecule has 0 aliphatic rings. The summed E-state index contributed by atoms with van der Waals surface area (Å²) in [6.07, 6.45) is 0. The second kappa shape index (κ2) is 7.36. The summed E-state index contributed by atoms with van der Waals surface area (Å²) in [5, 5.41) is 12.7. The lowest BCUT2D eigenvalue weighted by Gasteiger charge is -2.13. The zero-order chi connectivity index (χ0) is 17.9. The Balaban J connectivity index is 2.00. The number of hydrogen-bond donors (Lipinski definition) is 2. The molecule has 0 aliphatic heterocycles. The Hall–Kier alpha value is -2.53. The zero-order valence-electron chi connectivity index (χ0n) is 13.6. The standard InChI is InChI=1S/C18H18ClNO4/c1-10-6-11(2)17(12(3)7-10)20-16(22)9-24-18(23)14-5-4-13(19)8-15(14)21/h4-8,21H,9H2,1-3H3,(H,20,22). The number of aryl methyl sites for hydroxylation is 3. The molecule has 0 spiro atoms. The number of carbonyl (C=O) groups excluding carboxylic acids is 2. The van der Waals surface area contributed by atoms with Crippen LogP contribution in [0.15, 0.2) is 30.3 Å². The van der Waals surface area contributed by atoms with Crippen LogP contribution in [-0.2, 0) is 9.53 Å². The lowest BCUT2D eigenvalue weighted by Crippen LogP contribution is -2.22. The van der Waals surface area contributed by atoms with Crippen molar-refractivity contribution in [1.82, 2.24) is 0 Å². The van der Waals surface area contributed by atoms with E-state index in [0.717, 1.165) is 16.7 Å². The number of anilines is 1. The van der Waals surface area contributed by atoms with Crippen molar-refractivity contribution in [3.63, 3.8) is 0 Å². The number of esters is 1. The van der Waals surface area contributed by atoms with Crippen LogP contribution < -0.4 is 5.32 Å². The minimum Gasteiger partial charge on any atom is -0.507 e. The summed E-state index contributed by atoms with van der Waals surface area (Å²) in [7, 11) is 0. The lowest BCUT2D eigenvalue weighted by atomic mass is 10.1. The number of benzene rings is 2. The molecular formula is C18H18ClNO4. The SMILES string of the molecule is Cc1cc(C)c(NC(=O)COC(=O)c2ccc(Cl)cc2O)c(C)c1. The van der Waals surface area contributed by atoms with Crippen molar-refractivity contribution in [2.45, 2.75) is 20.8 Å². The maximum atomic E-state index is 12.0. The van der Waals surface area contributed by atoms with Gasteiger partial charge in [0.15, 0.2) is 6.61 Å². The molecular weight excluding hydrogens is 330 g/mol. The van der Waals surface area contributed by atoms with E-state index in [4.69, 9.17) is 16.3 Å². The van der Waals surface area contributed by atoms with Crippen LogP contribution in [0.1, 0.15) is 27.0 Å². The van der Waals surface area contributed by atoms with Gasteiger partial charge in [0.1, 0.15) is 11.3 Å². The minimum atomic E-state index is -0.795. The molecule has 0 heterocycles. The summed E-state index contributed by atoms with van der Waals surface area (Å²) in [6.45, 7) is 5.32. The molecule has 0 unspecified atom stereocenters. The van der Waals surface area contributed by atoms with Crippen LogP contribution >= 0.6 is 11.6 Å². The smallest absolute Gasteiger partial charge is 0.342 e. The number of halogens is 1. The summed E-state index contributed by atoms with van der Waals surface area (Å²) in [6, 6.07) is 7.95. The van der Waals surface area contributed by atoms with Gasteiger partial charge in [-0.25, -0.2) is 4.79 Å². The number of nitrogens with one attached hydrogen (secondary N) is 1. The number of phenols is 1. The third kappa shape index (κ3) is 4.26. The van der Waals surface area contributed by atoms with E-state index in [-0.39, 0.29) is 11.3 Å². The van der Waals surface area contributed by atoms with Gasteiger partial charge in [0, 0.05) is 10.7 Å². The summed E-state index contributed by atoms with van der Waals surface area (Å²) in [4.78, 5) is 23.9. The summed E-state index contributed by atoms with van der Waals surface area (Å²) in [5.74, 6) is -1.54. The second-order valence-corrected chi connectivity index (χ2v) is 6.00. The van der Waals surface area contributed by atoms with Gasteiger partial charge in [-0.3, -0.25) is 4.79 Å². The van der Waals surface area contributed by atoms with E-state index >= 15 is 0 Å². The third-order valence-electron chi connectivity index (χ3n) is 3.46. The molecule has 24 heavy (non-hydrogen) atoms. The number of rotatable bonds is 4. The normalized spacial score (nSPS) is 10.3. The van der Waals surface area contributed by atoms with Crippen LogP contribution in [0.3, 0.4) is 0 Å². The van der Waals surface area contributed by atoms with Gasteiger partial charge in [-0.15, -0.1) is 0 Å². The molecule has 0 atom stereocenters. The van der Waals surface area contributed by atoms with Crippen LogP contribution in [0, 0.1) is 20.8 Å². The largest absolute Gasteiger partial charge is 0.507 e. The van der Waals surface area contributed by atoms with Crippen LogP contribution in [0.2, 0.25) is 5.02 Å². The minimum absolute atomic E-state index is 0.0464. The Labute approximate surface area is 145 Å². The van der Waals surface area contributed by atoms with Gasteiger partial charge in [0.25, 0.3) is 5.91 Å². The van der Waals surface area contributed by atoms with Crippen LogP contribution in [0.25, 0.3) is 0 Å². The molecule has 0 aromatic heterocycles. The van der Waals surface area contributed by atoms with Gasteiger partial charge < -0.3 is 15.2 Å². The first-order chi connectivity index (χ1) is 11.3. The fraction of sp³-hybridized carbons (Fsp3) is 0.222. The molecule has 1 amide bonds. The fourth-order valence-electron chi connectivity index (χ4n) is 2.44. The van der Waals surface area contributed by atoms with Crippen LogP contribution in [0.4, 0.5) is 5.69 Å². The van der Waals surface area contributed by atoms with Crippen LogP contribution in [-0.4, -0.2) is 23.6 Å². The molecule has 5 nitrogen and oxygen atoms in total. The highest BCUT2D eigenvalue weighted by Crippen LogP contribution is 2.23. The quantitative estimate of drug-likeness (QED) is 0.825. The number of amides is 1. The predicted molar refractivity (Wildman–Crippen MR) is 92.7 cm³/mol. The first-order valence-corrected chi connectivity index (χ1v) is 7.69. The Morgan fingerprint density at radius 1 is 1.12 bits per heavy atom. The van der Waals surface area contributed by atoms with Gasteiger partial charge in [-0.05, 0) is 50.1 Å². The monoisotopic (exact) mass is 347 g/mol. The van der Waals surface area contributed by atoms with Crippen molar-refractivity contribution in [3.05, 3.63) is 57.6 Å². The molecule has 0 saturated heterocycles. The topological polar surface area (TPSA) is 75.6 Å². The van der Waals surface area contributed by atoms with Gasteiger partial charge in [-0.1, -0.05) is 29.3 Å². The number of hydrogen-bond acceptors (Lipinski definition) is 4. The van der Waals surface area contributed by atoms with Crippen LogP contribution in [0.5, 0.6) is 5.75 Å². The fourth-order valence-corrected chi connectivity index (χ4v) is 2.61. The molecule has 2 N–H and O–H groups in total. The highest BCUT2D eigenvalue weighted by Gasteiger charge is 2.15. The first-order valence-electron chi connectivity index (χ1n) is 7.31. The zero-order valence-corrected chi connectivity index (χ0v) is 14.4. The molecule has 6 heteroatoms. The van der Waals surface area contributed by atoms with Crippen molar-refractivity contribution in [2.75, 3.05) is 11.9 Å². The van der Waals surface area contributed by atoms with Gasteiger partial charge in [0.2, 0.25) is 0 Å². The third-order valence-corrected chi connectivity index (χ3v) is 3.69. The van der Waals surface area contributed by atoms with Crippen molar-refractivity contribution in [3.8, 4) is 5.75 Å². The number of aromatic hydroxyl groups is 1. The van der Waals surface area contributed by atoms with Crippen molar-refractivity contribution in [2.24, 2.45) is 0 Å². The molecule has 0 saturated carbocycles. The van der Waals surface area contributed by atoms with Crippen molar-refractivity contribution >= 4 is 29.2 Å². The van der Waals surface area contributed by atoms with E-state index < -0.39 is 18.5 Å². The van der Waals surface area contributed by atoms with E-state index in [2.05, 4.69) is 5.32 Å². The Morgan fingerprint density at radius 2 is 1.75 bits per heavy atom. The van der Waals surface area contributed by atoms with Crippen molar-refractivity contribution < 1.29 is 19.4 Å². The molecule has 2 aromatic rings. The summed E-state index contributed by atoms with van der Waals surface area (Å²) >= 11 is 5.70. The van der Waals surface area contributed by atoms with E-state index in [1.807, 2.05) is 32.9 Å². The Morgan fingerprint density at radius 3 is 2.33 bits per heavy atom. The molecule has 2 rings (SSSR count). The van der Waals surface area contributed by atoms with Gasteiger partial charge in [0.05, 0.1) is 0 Å². The predicted octanol–water partition coefficient (Wildman–Crippen LogP) is 3.77. The van der Waals surface area contributed by atoms with Gasteiger partial charge >= 0.3 is 5.97 Å². The van der Waals surface area contributed by atoms with E-state index in [0.29, 0.717) is 10.7 Å². The highest BCUT2D eigenvalue weighted by molar-refractivity contribution is 6.30. The average molecular weight is 348 g/mol. The molecule has 0 aliphatic carbocycles. The van der Waals surface area contributed by atoms with E-state index in [1.165, 1.54) is 18.2 Å². The molecule has 0 fully saturated rings. The Kier molecular flexibility index (Phi) is 5.46. The number of ether oxygens (including phenoxy) is 1. The number of carbonyl (C=O) groups is 2. The molecule has 0 bridgehead atoms. The molecule has 126 valence electrons. The Bertz CT molecular complexity index is 779. The van der Waals surface area contributed by atoms with Gasteiger partial charge in [-0.2, -0.15) is 0 Å². The molecule has 0 radical (unpaired) electrons. The second-order valence-electron chi connectivity index (χ2n) is 5.56. The van der Waals surface area contributed by atoms with E-state index in [1.54, 1.807) is 0 Å². The van der Waals surface area contributed by atoms with E-state index in [9.17, 15) is 14.7 Å². The number of phenolic OH excluding ortho intramolecular Hbond substituents is 1. The lowest BCUT2D eigenvalue weighted by molar-refractivity contribution is -0.119. The first kappa shape index (κ1) is 17.8. The maximum absolute atomic E-state index is 12.0.